The van der Waals surface area contributed by atoms with Crippen molar-refractivity contribution >= 4 is 11.9 Å². The van der Waals surface area contributed by atoms with Crippen LogP contribution >= 0.6 is 0 Å². The molecule has 1 aromatic heterocycles. The highest BCUT2D eigenvalue weighted by molar-refractivity contribution is 5.73. The molecule has 236 valence electrons. The van der Waals surface area contributed by atoms with Crippen molar-refractivity contribution in [2.45, 2.75) is 69.5 Å². The van der Waals surface area contributed by atoms with E-state index < -0.39 is 24.3 Å². The molecule has 43 heavy (non-hydrogen) atoms. The van der Waals surface area contributed by atoms with Crippen LogP contribution in [0.2, 0.25) is 0 Å². The van der Waals surface area contributed by atoms with Gasteiger partial charge in [-0.3, -0.25) is 9.69 Å². The Hall–Kier alpha value is -3.46. The molecule has 0 radical (unpaired) electrons. The third kappa shape index (κ3) is 8.13. The second-order valence-corrected chi connectivity index (χ2v) is 11.3. The number of aliphatic carboxylic acids is 2. The van der Waals surface area contributed by atoms with Gasteiger partial charge in [-0.1, -0.05) is 30.3 Å². The van der Waals surface area contributed by atoms with Crippen molar-refractivity contribution in [3.8, 4) is 0 Å². The normalized spacial score (nSPS) is 21.7. The minimum atomic E-state index is -5.08. The summed E-state index contributed by atoms with van der Waals surface area (Å²) < 4.78 is 65.9. The number of carboxylic acids is 2. The molecule has 0 amide bonds. The highest BCUT2D eigenvalue weighted by Gasteiger charge is 2.48. The zero-order valence-electron chi connectivity index (χ0n) is 23.1. The lowest BCUT2D eigenvalue weighted by molar-refractivity contribution is -0.193. The van der Waals surface area contributed by atoms with E-state index in [9.17, 15) is 31.1 Å². The summed E-state index contributed by atoms with van der Waals surface area (Å²) in [5, 5.41) is 14.2. The number of benzene rings is 1. The van der Waals surface area contributed by atoms with Gasteiger partial charge < -0.3 is 19.7 Å². The summed E-state index contributed by atoms with van der Waals surface area (Å²) in [6, 6.07) is 10.6. The van der Waals surface area contributed by atoms with E-state index in [2.05, 4.69) is 44.7 Å². The molecule has 1 spiro atoms. The van der Waals surface area contributed by atoms with Crippen LogP contribution in [0.5, 0.6) is 0 Å². The van der Waals surface area contributed by atoms with E-state index in [0.29, 0.717) is 0 Å². The Morgan fingerprint density at radius 1 is 0.907 bits per heavy atom. The molecule has 2 fully saturated rings. The molecule has 3 aliphatic heterocycles. The number of carboxylic acid groups (broad SMARTS) is 2. The number of alkyl halides is 6. The van der Waals surface area contributed by atoms with E-state index in [1.807, 2.05) is 0 Å². The van der Waals surface area contributed by atoms with E-state index in [1.54, 1.807) is 0 Å². The minimum absolute atomic E-state index is 0.0333. The van der Waals surface area contributed by atoms with Gasteiger partial charge >= 0.3 is 24.3 Å². The second kappa shape index (κ2) is 12.6. The van der Waals surface area contributed by atoms with Crippen molar-refractivity contribution in [3.63, 3.8) is 0 Å². The van der Waals surface area contributed by atoms with Crippen molar-refractivity contribution in [3.05, 3.63) is 63.3 Å². The molecule has 1 unspecified atom stereocenters. The van der Waals surface area contributed by atoms with Gasteiger partial charge in [0.2, 0.25) is 0 Å². The Morgan fingerprint density at radius 2 is 1.49 bits per heavy atom. The molecule has 4 heterocycles. The lowest BCUT2D eigenvalue weighted by Crippen LogP contribution is -2.39. The fraction of sp³-hybridized carbons (Fsp3) is 0.571. The molecule has 9 nitrogen and oxygen atoms in total. The molecule has 2 N–H and O–H groups in total. The van der Waals surface area contributed by atoms with Crippen LogP contribution in [0.1, 0.15) is 48.3 Å². The largest absolute Gasteiger partial charge is 0.490 e. The van der Waals surface area contributed by atoms with Crippen LogP contribution in [-0.2, 0) is 41.1 Å². The fourth-order valence-electron chi connectivity index (χ4n) is 5.88. The molecule has 15 heteroatoms. The third-order valence-electron chi connectivity index (χ3n) is 8.11. The molecule has 1 aromatic carbocycles. The Labute approximate surface area is 242 Å². The van der Waals surface area contributed by atoms with Crippen LogP contribution in [0, 0.1) is 5.92 Å². The monoisotopic (exact) mass is 618 g/mol. The first-order chi connectivity index (χ1) is 20.1. The van der Waals surface area contributed by atoms with E-state index in [0.717, 1.165) is 62.9 Å². The van der Waals surface area contributed by atoms with Crippen molar-refractivity contribution in [1.82, 2.24) is 19.4 Å². The van der Waals surface area contributed by atoms with Crippen LogP contribution < -0.4 is 5.56 Å². The summed E-state index contributed by atoms with van der Waals surface area (Å²) >= 11 is 0. The first kappa shape index (κ1) is 32.5. The van der Waals surface area contributed by atoms with Gasteiger partial charge in [0.25, 0.3) is 5.56 Å². The van der Waals surface area contributed by atoms with E-state index in [1.165, 1.54) is 43.6 Å². The summed E-state index contributed by atoms with van der Waals surface area (Å²) in [4.78, 5) is 40.6. The quantitative estimate of drug-likeness (QED) is 0.497. The fourth-order valence-corrected chi connectivity index (χ4v) is 5.88. The first-order valence-electron chi connectivity index (χ1n) is 13.8. The molecule has 0 bridgehead atoms. The van der Waals surface area contributed by atoms with Gasteiger partial charge in [0.05, 0.1) is 5.56 Å². The van der Waals surface area contributed by atoms with Crippen molar-refractivity contribution in [2.24, 2.45) is 5.92 Å². The number of likely N-dealkylation sites (tertiary alicyclic amines) is 1. The van der Waals surface area contributed by atoms with Gasteiger partial charge in [0.1, 0.15) is 5.82 Å². The van der Waals surface area contributed by atoms with Gasteiger partial charge in [-0.25, -0.2) is 9.59 Å². The average molecular weight is 619 g/mol. The highest BCUT2D eigenvalue weighted by atomic mass is 19.4. The van der Waals surface area contributed by atoms with E-state index in [-0.39, 0.29) is 11.0 Å². The second-order valence-electron chi connectivity index (χ2n) is 11.3. The van der Waals surface area contributed by atoms with Gasteiger partial charge in [0, 0.05) is 56.8 Å². The topological polar surface area (TPSA) is 116 Å². The smallest absolute Gasteiger partial charge is 0.475 e. The van der Waals surface area contributed by atoms with Crippen LogP contribution in [0.4, 0.5) is 26.3 Å². The molecule has 1 saturated heterocycles. The summed E-state index contributed by atoms with van der Waals surface area (Å²) in [5.74, 6) is -3.48. The van der Waals surface area contributed by atoms with Crippen LogP contribution in [0.3, 0.4) is 0 Å². The number of rotatable bonds is 4. The SMILES string of the molecule is O=C(O)C(F)(F)F.O=C(O)C(F)(F)F.O=c1nc2n(c3c1CN(Cc1ccccc1)CC3)CCC21CCN(CC2CC2)C1. The Kier molecular flexibility index (Phi) is 9.54. The van der Waals surface area contributed by atoms with Crippen molar-refractivity contribution in [1.29, 1.82) is 0 Å². The molecule has 6 rings (SSSR count). The standard InChI is InChI=1S/C24H30N4O.2C2HF3O2/c29-22-20-16-26(14-18-4-2-1-3-5-18)11-8-21(20)28-13-10-24(23(28)25-22)9-12-27(17-24)15-19-6-7-19;2*3-2(4,5)1(6)7/h1-5,19H,6-17H2;2*(H,6,7). The number of aromatic nitrogens is 2. The average Bonchev–Trinajstić information content (AvgIpc) is 3.55. The molecule has 1 atom stereocenters. The molecule has 2 aromatic rings. The zero-order chi connectivity index (χ0) is 31.6. The summed E-state index contributed by atoms with van der Waals surface area (Å²) in [6.07, 6.45) is -4.06. The predicted octanol–water partition coefficient (Wildman–Crippen LogP) is 3.83. The van der Waals surface area contributed by atoms with Crippen molar-refractivity contribution in [2.75, 3.05) is 26.2 Å². The molecule has 1 saturated carbocycles. The van der Waals surface area contributed by atoms with Gasteiger partial charge in [-0.05, 0) is 43.7 Å². The zero-order valence-corrected chi connectivity index (χ0v) is 23.1. The number of halogens is 6. The van der Waals surface area contributed by atoms with Crippen LogP contribution in [0.25, 0.3) is 0 Å². The predicted molar refractivity (Wildman–Crippen MR) is 140 cm³/mol. The summed E-state index contributed by atoms with van der Waals surface area (Å²) in [5.41, 5.74) is 3.70. The lowest BCUT2D eigenvalue weighted by Gasteiger charge is -2.31. The minimum Gasteiger partial charge on any atom is -0.475 e. The molecular formula is C28H32F6N4O5. The number of nitrogens with zero attached hydrogens (tertiary/aromatic N) is 4. The number of fused-ring (bicyclic) bond motifs is 4. The number of hydrogen-bond donors (Lipinski definition) is 2. The van der Waals surface area contributed by atoms with Gasteiger partial charge in [0.15, 0.2) is 0 Å². The molecular weight excluding hydrogens is 586 g/mol. The van der Waals surface area contributed by atoms with Gasteiger partial charge in [-0.15, -0.1) is 0 Å². The molecule has 1 aliphatic carbocycles. The van der Waals surface area contributed by atoms with E-state index >= 15 is 0 Å². The lowest BCUT2D eigenvalue weighted by atomic mass is 9.85. The highest BCUT2D eigenvalue weighted by Crippen LogP contribution is 2.43. The number of carbonyl (C=O) groups is 2. The Balaban J connectivity index is 0.000000254. The molecule has 4 aliphatic rings. The van der Waals surface area contributed by atoms with E-state index in [4.69, 9.17) is 24.8 Å². The summed E-state index contributed by atoms with van der Waals surface area (Å²) in [6.45, 7) is 7.24. The maximum atomic E-state index is 13.1. The van der Waals surface area contributed by atoms with Crippen LogP contribution in [0.15, 0.2) is 35.1 Å². The summed E-state index contributed by atoms with van der Waals surface area (Å²) in [7, 11) is 0. The third-order valence-corrected chi connectivity index (χ3v) is 8.11. The van der Waals surface area contributed by atoms with Crippen molar-refractivity contribution < 1.29 is 46.1 Å². The van der Waals surface area contributed by atoms with Gasteiger partial charge in [-0.2, -0.15) is 31.3 Å². The maximum Gasteiger partial charge on any atom is 0.490 e. The Bertz CT molecular complexity index is 1350. The van der Waals surface area contributed by atoms with Crippen LogP contribution in [-0.4, -0.2) is 80.0 Å². The Morgan fingerprint density at radius 3 is 2.05 bits per heavy atom. The first-order valence-corrected chi connectivity index (χ1v) is 13.8. The number of hydrogen-bond acceptors (Lipinski definition) is 6. The maximum absolute atomic E-state index is 13.1.